The molecule has 0 radical (unpaired) electrons. The quantitative estimate of drug-likeness (QED) is 0.647. The number of para-hydroxylation sites is 1. The van der Waals surface area contributed by atoms with Crippen LogP contribution >= 0.6 is 0 Å². The van der Waals surface area contributed by atoms with E-state index in [9.17, 15) is 0 Å². The number of benzene rings is 2. The molecule has 3 N–H and O–H groups in total. The van der Waals surface area contributed by atoms with Gasteiger partial charge in [-0.3, -0.25) is 0 Å². The van der Waals surface area contributed by atoms with E-state index in [-0.39, 0.29) is 0 Å². The van der Waals surface area contributed by atoms with Crippen LogP contribution in [-0.2, 0) is 13.0 Å². The van der Waals surface area contributed by atoms with Crippen LogP contribution in [0.3, 0.4) is 0 Å². The molecule has 3 rings (SSSR count). The predicted octanol–water partition coefficient (Wildman–Crippen LogP) is 2.87. The Morgan fingerprint density at radius 2 is 1.86 bits per heavy atom. The topological polar surface area (TPSA) is 41.6 Å². The van der Waals surface area contributed by atoms with Gasteiger partial charge in [-0.2, -0.15) is 0 Å². The molecule has 0 amide bonds. The van der Waals surface area contributed by atoms with Crippen molar-refractivity contribution >= 4 is 10.9 Å². The average molecular weight is 295 g/mol. The lowest BCUT2D eigenvalue weighted by atomic mass is 10.1. The van der Waals surface area contributed by atoms with Crippen LogP contribution in [0.5, 0.6) is 5.75 Å². The average Bonchev–Trinajstić information content (AvgIpc) is 2.97. The van der Waals surface area contributed by atoms with Crippen molar-refractivity contribution in [1.82, 2.24) is 4.98 Å². The molecule has 0 atom stereocenters. The summed E-state index contributed by atoms with van der Waals surface area (Å²) in [6.45, 7) is 4.83. The third kappa shape index (κ3) is 3.49. The number of nitrogens with two attached hydrogens (primary N) is 1. The van der Waals surface area contributed by atoms with E-state index < -0.39 is 0 Å². The van der Waals surface area contributed by atoms with Crippen molar-refractivity contribution in [3.05, 3.63) is 65.9 Å². The summed E-state index contributed by atoms with van der Waals surface area (Å²) in [7, 11) is 0. The highest BCUT2D eigenvalue weighted by atomic mass is 16.5. The van der Waals surface area contributed by atoms with Crippen molar-refractivity contribution in [3.8, 4) is 5.75 Å². The number of nitrogens with one attached hydrogen (secondary N) is 1. The van der Waals surface area contributed by atoms with Gasteiger partial charge in [0.1, 0.15) is 12.3 Å². The highest BCUT2D eigenvalue weighted by molar-refractivity contribution is 5.82. The molecular formula is C19H23N2O+. The van der Waals surface area contributed by atoms with Gasteiger partial charge in [0.15, 0.2) is 0 Å². The normalized spacial score (nSPS) is 11.0. The number of ether oxygens (including phenoxy) is 1. The maximum Gasteiger partial charge on any atom is 0.119 e. The number of aromatic amines is 1. The molecule has 1 aromatic heterocycles. The van der Waals surface area contributed by atoms with Crippen LogP contribution in [0.15, 0.2) is 54.7 Å². The number of fused-ring (bicyclic) bond motifs is 1. The first-order chi connectivity index (χ1) is 10.9. The van der Waals surface area contributed by atoms with Crippen molar-refractivity contribution < 1.29 is 10.1 Å². The Labute approximate surface area is 131 Å². The molecule has 0 fully saturated rings. The molecule has 0 aliphatic heterocycles. The Hall–Kier alpha value is -2.26. The first kappa shape index (κ1) is 14.7. The molecule has 0 aliphatic rings. The van der Waals surface area contributed by atoms with Gasteiger partial charge in [0.2, 0.25) is 0 Å². The summed E-state index contributed by atoms with van der Waals surface area (Å²) >= 11 is 0. The maximum atomic E-state index is 5.46. The first-order valence-corrected chi connectivity index (χ1v) is 7.95. The minimum absolute atomic E-state index is 0.718. The predicted molar refractivity (Wildman–Crippen MR) is 90.1 cm³/mol. The number of H-pyrrole nitrogens is 1. The summed E-state index contributed by atoms with van der Waals surface area (Å²) in [6, 6.07) is 16.9. The van der Waals surface area contributed by atoms with Gasteiger partial charge in [-0.05, 0) is 42.8 Å². The Bertz CT molecular complexity index is 716. The lowest BCUT2D eigenvalue weighted by Gasteiger charge is -2.05. The molecule has 0 saturated heterocycles. The van der Waals surface area contributed by atoms with Gasteiger partial charge < -0.3 is 15.0 Å². The number of hydrogen-bond acceptors (Lipinski definition) is 1. The van der Waals surface area contributed by atoms with Gasteiger partial charge in [-0.25, -0.2) is 0 Å². The maximum absolute atomic E-state index is 5.46. The summed E-state index contributed by atoms with van der Waals surface area (Å²) in [5.74, 6) is 0.949. The SMILES string of the molecule is CCOc1ccc(C[NH2+]CCc2c[nH]c3ccccc23)cc1. The smallest absolute Gasteiger partial charge is 0.119 e. The Balaban J connectivity index is 1.49. The van der Waals surface area contributed by atoms with Crippen LogP contribution in [0, 0.1) is 0 Å². The molecule has 3 heteroatoms. The van der Waals surface area contributed by atoms with E-state index in [1.54, 1.807) is 0 Å². The number of aromatic nitrogens is 1. The zero-order chi connectivity index (χ0) is 15.2. The van der Waals surface area contributed by atoms with Crippen molar-refractivity contribution in [2.45, 2.75) is 19.9 Å². The van der Waals surface area contributed by atoms with Gasteiger partial charge in [0.25, 0.3) is 0 Å². The Morgan fingerprint density at radius 3 is 2.68 bits per heavy atom. The number of rotatable bonds is 7. The first-order valence-electron chi connectivity index (χ1n) is 7.95. The fourth-order valence-corrected chi connectivity index (χ4v) is 2.75. The van der Waals surface area contributed by atoms with Crippen molar-refractivity contribution in [1.29, 1.82) is 0 Å². The second kappa shape index (κ2) is 7.14. The standard InChI is InChI=1S/C19H22N2O/c1-2-22-17-9-7-15(8-10-17)13-20-12-11-16-14-21-19-6-4-3-5-18(16)19/h3-10,14,20-21H,2,11-13H2,1H3/p+1. The van der Waals surface area contributed by atoms with Gasteiger partial charge in [-0.15, -0.1) is 0 Å². The van der Waals surface area contributed by atoms with Gasteiger partial charge in [-0.1, -0.05) is 18.2 Å². The largest absolute Gasteiger partial charge is 0.494 e. The van der Waals surface area contributed by atoms with E-state index in [4.69, 9.17) is 4.74 Å². The molecule has 114 valence electrons. The summed E-state index contributed by atoms with van der Waals surface area (Å²) in [5, 5.41) is 3.70. The van der Waals surface area contributed by atoms with E-state index in [0.717, 1.165) is 31.9 Å². The fourth-order valence-electron chi connectivity index (χ4n) is 2.75. The second-order valence-corrected chi connectivity index (χ2v) is 5.47. The minimum atomic E-state index is 0.718. The van der Waals surface area contributed by atoms with E-state index in [0.29, 0.717) is 0 Å². The number of quaternary nitrogens is 1. The molecule has 0 saturated carbocycles. The zero-order valence-electron chi connectivity index (χ0n) is 13.0. The third-order valence-electron chi connectivity index (χ3n) is 3.91. The van der Waals surface area contributed by atoms with E-state index in [1.807, 2.05) is 19.1 Å². The van der Waals surface area contributed by atoms with Gasteiger partial charge in [0.05, 0.1) is 13.2 Å². The molecule has 1 heterocycles. The third-order valence-corrected chi connectivity index (χ3v) is 3.91. The molecule has 0 bridgehead atoms. The van der Waals surface area contributed by atoms with Crippen LogP contribution in [0.4, 0.5) is 0 Å². The second-order valence-electron chi connectivity index (χ2n) is 5.47. The van der Waals surface area contributed by atoms with Gasteiger partial charge in [0, 0.05) is 29.1 Å². The van der Waals surface area contributed by atoms with Crippen LogP contribution in [0.25, 0.3) is 10.9 Å². The summed E-state index contributed by atoms with van der Waals surface area (Å²) in [4.78, 5) is 3.34. The molecule has 0 aliphatic carbocycles. The zero-order valence-corrected chi connectivity index (χ0v) is 13.0. The Kier molecular flexibility index (Phi) is 4.76. The van der Waals surface area contributed by atoms with Crippen LogP contribution < -0.4 is 10.1 Å². The lowest BCUT2D eigenvalue weighted by Crippen LogP contribution is -2.83. The highest BCUT2D eigenvalue weighted by Crippen LogP contribution is 2.17. The summed E-state index contributed by atoms with van der Waals surface area (Å²) in [5.41, 5.74) is 3.96. The van der Waals surface area contributed by atoms with E-state index in [1.165, 1.54) is 22.0 Å². The van der Waals surface area contributed by atoms with E-state index >= 15 is 0 Å². The Morgan fingerprint density at radius 1 is 1.05 bits per heavy atom. The molecule has 3 aromatic rings. The van der Waals surface area contributed by atoms with E-state index in [2.05, 4.69) is 52.9 Å². The molecule has 22 heavy (non-hydrogen) atoms. The summed E-state index contributed by atoms with van der Waals surface area (Å²) in [6.07, 6.45) is 3.22. The fraction of sp³-hybridized carbons (Fsp3) is 0.263. The summed E-state index contributed by atoms with van der Waals surface area (Å²) < 4.78 is 5.46. The van der Waals surface area contributed by atoms with Crippen molar-refractivity contribution in [3.63, 3.8) is 0 Å². The van der Waals surface area contributed by atoms with Crippen molar-refractivity contribution in [2.24, 2.45) is 0 Å². The molecule has 2 aromatic carbocycles. The minimum Gasteiger partial charge on any atom is -0.494 e. The molecule has 3 nitrogen and oxygen atoms in total. The van der Waals surface area contributed by atoms with Gasteiger partial charge >= 0.3 is 0 Å². The molecular weight excluding hydrogens is 272 g/mol. The monoisotopic (exact) mass is 295 g/mol. The van der Waals surface area contributed by atoms with Crippen LogP contribution in [0.2, 0.25) is 0 Å². The van der Waals surface area contributed by atoms with Crippen LogP contribution in [-0.4, -0.2) is 18.1 Å². The van der Waals surface area contributed by atoms with Crippen molar-refractivity contribution in [2.75, 3.05) is 13.2 Å². The lowest BCUT2D eigenvalue weighted by molar-refractivity contribution is -0.670. The molecule has 0 spiro atoms. The number of hydrogen-bond donors (Lipinski definition) is 2. The highest BCUT2D eigenvalue weighted by Gasteiger charge is 2.03. The molecule has 0 unspecified atom stereocenters. The van der Waals surface area contributed by atoms with Crippen LogP contribution in [0.1, 0.15) is 18.1 Å².